The minimum absolute atomic E-state index is 0.00292. The summed E-state index contributed by atoms with van der Waals surface area (Å²) in [7, 11) is 2.45. The van der Waals surface area contributed by atoms with Crippen molar-refractivity contribution >= 4 is 11.9 Å². The van der Waals surface area contributed by atoms with Crippen LogP contribution in [0.15, 0.2) is 23.8 Å². The number of allylic oxidation sites excluding steroid dienone is 1. The summed E-state index contributed by atoms with van der Waals surface area (Å²) in [6.07, 6.45) is 1.45. The molecule has 0 bridgehead atoms. The number of methoxy groups -OCH3 is 2. The highest BCUT2D eigenvalue weighted by Crippen LogP contribution is 2.10. The fourth-order valence-electron chi connectivity index (χ4n) is 0.758. The van der Waals surface area contributed by atoms with Crippen LogP contribution in [0.3, 0.4) is 0 Å². The van der Waals surface area contributed by atoms with E-state index in [0.717, 1.165) is 0 Å². The SMILES string of the molecule is C=C(C(=O)OC)/C(=C\C)C(=O)OC. The average Bonchev–Trinajstić information content (AvgIpc) is 2.17. The predicted molar refractivity (Wildman–Crippen MR) is 46.9 cm³/mol. The fraction of sp³-hybridized carbons (Fsp3) is 0.333. The average molecular weight is 184 g/mol. The molecule has 0 fully saturated rings. The van der Waals surface area contributed by atoms with E-state index < -0.39 is 11.9 Å². The second kappa shape index (κ2) is 5.13. The monoisotopic (exact) mass is 184 g/mol. The van der Waals surface area contributed by atoms with E-state index in [-0.39, 0.29) is 11.1 Å². The number of ether oxygens (including phenoxy) is 2. The molecule has 0 aliphatic heterocycles. The maximum Gasteiger partial charge on any atom is 0.338 e. The first-order valence-corrected chi connectivity index (χ1v) is 3.60. The van der Waals surface area contributed by atoms with E-state index >= 15 is 0 Å². The first-order chi connectivity index (χ1) is 6.08. The summed E-state index contributed by atoms with van der Waals surface area (Å²) in [5.74, 6) is -1.24. The highest BCUT2D eigenvalue weighted by atomic mass is 16.5. The molecule has 0 unspecified atom stereocenters. The van der Waals surface area contributed by atoms with Crippen LogP contribution in [0, 0.1) is 0 Å². The van der Waals surface area contributed by atoms with Crippen LogP contribution in [0.2, 0.25) is 0 Å². The van der Waals surface area contributed by atoms with E-state index in [1.807, 2.05) is 0 Å². The Hall–Kier alpha value is -1.58. The van der Waals surface area contributed by atoms with Crippen molar-refractivity contribution in [2.24, 2.45) is 0 Å². The van der Waals surface area contributed by atoms with Crippen LogP contribution in [0.5, 0.6) is 0 Å². The Morgan fingerprint density at radius 1 is 1.15 bits per heavy atom. The summed E-state index contributed by atoms with van der Waals surface area (Å²) < 4.78 is 8.85. The molecule has 72 valence electrons. The lowest BCUT2D eigenvalue weighted by molar-refractivity contribution is -0.139. The van der Waals surface area contributed by atoms with E-state index in [1.54, 1.807) is 6.92 Å². The Morgan fingerprint density at radius 2 is 1.62 bits per heavy atom. The lowest BCUT2D eigenvalue weighted by Crippen LogP contribution is -2.13. The van der Waals surface area contributed by atoms with Gasteiger partial charge in [-0.25, -0.2) is 9.59 Å². The molecule has 0 radical (unpaired) electrons. The fourth-order valence-corrected chi connectivity index (χ4v) is 0.758. The molecule has 0 aromatic heterocycles. The Morgan fingerprint density at radius 3 is 1.92 bits per heavy atom. The van der Waals surface area contributed by atoms with E-state index in [2.05, 4.69) is 16.1 Å². The van der Waals surface area contributed by atoms with Crippen molar-refractivity contribution in [3.05, 3.63) is 23.8 Å². The zero-order chi connectivity index (χ0) is 10.4. The number of carbonyl (C=O) groups excluding carboxylic acids is 2. The number of hydrogen-bond donors (Lipinski definition) is 0. The Balaban J connectivity index is 4.72. The first-order valence-electron chi connectivity index (χ1n) is 3.60. The third kappa shape index (κ3) is 2.74. The van der Waals surface area contributed by atoms with Gasteiger partial charge in [0.15, 0.2) is 0 Å². The van der Waals surface area contributed by atoms with Gasteiger partial charge in [0.05, 0.1) is 25.4 Å². The normalized spacial score (nSPS) is 10.5. The third-order valence-electron chi connectivity index (χ3n) is 1.45. The van der Waals surface area contributed by atoms with E-state index in [0.29, 0.717) is 0 Å². The topological polar surface area (TPSA) is 52.6 Å². The first kappa shape index (κ1) is 11.4. The molecule has 0 N–H and O–H groups in total. The van der Waals surface area contributed by atoms with Gasteiger partial charge in [0.25, 0.3) is 0 Å². The molecular weight excluding hydrogens is 172 g/mol. The molecule has 13 heavy (non-hydrogen) atoms. The van der Waals surface area contributed by atoms with E-state index in [1.165, 1.54) is 20.3 Å². The Kier molecular flexibility index (Phi) is 4.51. The van der Waals surface area contributed by atoms with Crippen LogP contribution < -0.4 is 0 Å². The lowest BCUT2D eigenvalue weighted by atomic mass is 10.1. The predicted octanol–water partition coefficient (Wildman–Crippen LogP) is 0.835. The van der Waals surface area contributed by atoms with Crippen LogP contribution in [-0.4, -0.2) is 26.2 Å². The van der Waals surface area contributed by atoms with Gasteiger partial charge in [-0.2, -0.15) is 0 Å². The maximum atomic E-state index is 11.0. The van der Waals surface area contributed by atoms with Crippen molar-refractivity contribution < 1.29 is 19.1 Å². The highest BCUT2D eigenvalue weighted by Gasteiger charge is 2.18. The van der Waals surface area contributed by atoms with Gasteiger partial charge in [-0.15, -0.1) is 0 Å². The summed E-state index contributed by atoms with van der Waals surface area (Å²) >= 11 is 0. The van der Waals surface area contributed by atoms with Gasteiger partial charge in [0.2, 0.25) is 0 Å². The van der Waals surface area contributed by atoms with Crippen LogP contribution in [-0.2, 0) is 19.1 Å². The molecule has 0 heterocycles. The van der Waals surface area contributed by atoms with Gasteiger partial charge in [-0.3, -0.25) is 0 Å². The summed E-state index contributed by atoms with van der Waals surface area (Å²) in [5, 5.41) is 0. The second-order valence-corrected chi connectivity index (χ2v) is 2.16. The second-order valence-electron chi connectivity index (χ2n) is 2.16. The van der Waals surface area contributed by atoms with Crippen molar-refractivity contribution in [1.82, 2.24) is 0 Å². The summed E-state index contributed by atoms with van der Waals surface area (Å²) in [6, 6.07) is 0. The summed E-state index contributed by atoms with van der Waals surface area (Å²) in [4.78, 5) is 22.0. The zero-order valence-corrected chi connectivity index (χ0v) is 7.92. The number of rotatable bonds is 3. The highest BCUT2D eigenvalue weighted by molar-refractivity contribution is 6.06. The minimum atomic E-state index is -0.640. The van der Waals surface area contributed by atoms with Gasteiger partial charge in [-0.05, 0) is 6.92 Å². The summed E-state index contributed by atoms with van der Waals surface area (Å²) in [6.45, 7) is 5.03. The van der Waals surface area contributed by atoms with Crippen LogP contribution >= 0.6 is 0 Å². The van der Waals surface area contributed by atoms with Gasteiger partial charge < -0.3 is 9.47 Å². The zero-order valence-electron chi connectivity index (χ0n) is 7.92. The van der Waals surface area contributed by atoms with Crippen molar-refractivity contribution in [1.29, 1.82) is 0 Å². The van der Waals surface area contributed by atoms with Gasteiger partial charge in [-0.1, -0.05) is 12.7 Å². The van der Waals surface area contributed by atoms with E-state index in [4.69, 9.17) is 0 Å². The molecule has 0 aromatic carbocycles. The molecule has 0 spiro atoms. The quantitative estimate of drug-likeness (QED) is 0.370. The van der Waals surface area contributed by atoms with Crippen molar-refractivity contribution in [3.8, 4) is 0 Å². The molecule has 0 amide bonds. The standard InChI is InChI=1S/C9H12O4/c1-5-7(9(11)13-4)6(2)8(10)12-3/h5H,2H2,1,3-4H3/b7-5+. The number of carbonyl (C=O) groups is 2. The lowest BCUT2D eigenvalue weighted by Gasteiger charge is -2.05. The molecule has 0 rings (SSSR count). The number of hydrogen-bond acceptors (Lipinski definition) is 4. The van der Waals surface area contributed by atoms with Crippen LogP contribution in [0.4, 0.5) is 0 Å². The molecular formula is C9H12O4. The maximum absolute atomic E-state index is 11.0. The van der Waals surface area contributed by atoms with Gasteiger partial charge in [0.1, 0.15) is 0 Å². The van der Waals surface area contributed by atoms with Crippen molar-refractivity contribution in [2.75, 3.05) is 14.2 Å². The van der Waals surface area contributed by atoms with Crippen molar-refractivity contribution in [2.45, 2.75) is 6.92 Å². The summed E-state index contributed by atoms with van der Waals surface area (Å²) in [5.41, 5.74) is 0.117. The molecule has 0 aliphatic carbocycles. The Labute approximate surface area is 76.8 Å². The Bertz CT molecular complexity index is 263. The number of esters is 2. The largest absolute Gasteiger partial charge is 0.465 e. The minimum Gasteiger partial charge on any atom is -0.465 e. The van der Waals surface area contributed by atoms with Gasteiger partial charge in [0, 0.05) is 0 Å². The molecule has 4 nitrogen and oxygen atoms in total. The van der Waals surface area contributed by atoms with E-state index in [9.17, 15) is 9.59 Å². The molecule has 0 aromatic rings. The molecule has 0 atom stereocenters. The third-order valence-corrected chi connectivity index (χ3v) is 1.45. The molecule has 0 saturated heterocycles. The van der Waals surface area contributed by atoms with Crippen LogP contribution in [0.25, 0.3) is 0 Å². The smallest absolute Gasteiger partial charge is 0.338 e. The van der Waals surface area contributed by atoms with Gasteiger partial charge >= 0.3 is 11.9 Å². The molecule has 0 saturated carbocycles. The van der Waals surface area contributed by atoms with Crippen molar-refractivity contribution in [3.63, 3.8) is 0 Å². The van der Waals surface area contributed by atoms with Crippen LogP contribution in [0.1, 0.15) is 6.92 Å². The molecule has 4 heteroatoms. The molecule has 0 aliphatic rings.